The topological polar surface area (TPSA) is 20.3 Å². The maximum absolute atomic E-state index is 12.0. The lowest BCUT2D eigenvalue weighted by molar-refractivity contribution is -0.122. The molecule has 0 aromatic carbocycles. The summed E-state index contributed by atoms with van der Waals surface area (Å²) in [6.45, 7) is 2.76. The van der Waals surface area contributed by atoms with Gasteiger partial charge in [-0.05, 0) is 23.9 Å². The number of nitrogens with zero attached hydrogens (tertiary/aromatic N) is 1. The van der Waals surface area contributed by atoms with Crippen molar-refractivity contribution in [3.63, 3.8) is 0 Å². The van der Waals surface area contributed by atoms with E-state index in [2.05, 4.69) is 0 Å². The van der Waals surface area contributed by atoms with Gasteiger partial charge in [0.05, 0.1) is 4.91 Å². The highest BCUT2D eigenvalue weighted by atomic mass is 32.2. The van der Waals surface area contributed by atoms with Gasteiger partial charge in [0.2, 0.25) is 0 Å². The molecule has 1 amide bonds. The average Bonchev–Trinajstić information content (AvgIpc) is 2.84. The van der Waals surface area contributed by atoms with Gasteiger partial charge in [-0.1, -0.05) is 37.0 Å². The maximum Gasteiger partial charge on any atom is 0.266 e. The van der Waals surface area contributed by atoms with Crippen LogP contribution in [0.4, 0.5) is 0 Å². The van der Waals surface area contributed by atoms with Crippen molar-refractivity contribution in [2.24, 2.45) is 0 Å². The lowest BCUT2D eigenvalue weighted by Gasteiger charge is -2.11. The van der Waals surface area contributed by atoms with E-state index in [0.717, 1.165) is 16.2 Å². The Labute approximate surface area is 108 Å². The minimum absolute atomic E-state index is 0.0465. The molecule has 0 spiro atoms. The lowest BCUT2D eigenvalue weighted by atomic mass is 10.3. The highest BCUT2D eigenvalue weighted by Crippen LogP contribution is 2.33. The third-order valence-corrected chi connectivity index (χ3v) is 4.33. The fourth-order valence-electron chi connectivity index (χ4n) is 1.42. The number of amides is 1. The Balaban J connectivity index is 2.20. The van der Waals surface area contributed by atoms with E-state index < -0.39 is 0 Å². The standard InChI is InChI=1S/C11H11NOS3/c1-2-5-12-10(13)9(16-11(12)14)7-8-4-3-6-15-8/h3-4,6-7H,2,5H2,1H3/b9-7-. The highest BCUT2D eigenvalue weighted by molar-refractivity contribution is 8.26. The van der Waals surface area contributed by atoms with Crippen LogP contribution in [0.3, 0.4) is 0 Å². The van der Waals surface area contributed by atoms with Crippen molar-refractivity contribution in [3.05, 3.63) is 27.3 Å². The van der Waals surface area contributed by atoms with Crippen LogP contribution >= 0.6 is 35.3 Å². The van der Waals surface area contributed by atoms with Crippen LogP contribution in [0.1, 0.15) is 18.2 Å². The molecule has 0 aliphatic carbocycles. The number of carbonyl (C=O) groups excluding carboxylic acids is 1. The molecular formula is C11H11NOS3. The van der Waals surface area contributed by atoms with Crippen molar-refractivity contribution in [2.75, 3.05) is 6.54 Å². The van der Waals surface area contributed by atoms with Gasteiger partial charge in [-0.2, -0.15) is 0 Å². The number of carbonyl (C=O) groups is 1. The van der Waals surface area contributed by atoms with E-state index in [1.165, 1.54) is 11.8 Å². The van der Waals surface area contributed by atoms with Crippen LogP contribution in [0.2, 0.25) is 0 Å². The van der Waals surface area contributed by atoms with Crippen molar-refractivity contribution in [1.29, 1.82) is 0 Å². The molecule has 0 radical (unpaired) electrons. The first-order valence-electron chi connectivity index (χ1n) is 5.01. The monoisotopic (exact) mass is 269 g/mol. The summed E-state index contributed by atoms with van der Waals surface area (Å²) in [7, 11) is 0. The van der Waals surface area contributed by atoms with Crippen LogP contribution in [-0.4, -0.2) is 21.7 Å². The maximum atomic E-state index is 12.0. The summed E-state index contributed by atoms with van der Waals surface area (Å²) in [5.41, 5.74) is 0. The van der Waals surface area contributed by atoms with E-state index in [1.807, 2.05) is 30.5 Å². The average molecular weight is 269 g/mol. The normalized spacial score (nSPS) is 18.8. The fourth-order valence-corrected chi connectivity index (χ4v) is 3.45. The van der Waals surface area contributed by atoms with Crippen LogP contribution < -0.4 is 0 Å². The van der Waals surface area contributed by atoms with Gasteiger partial charge < -0.3 is 0 Å². The molecule has 1 aromatic rings. The molecule has 0 bridgehead atoms. The molecule has 5 heteroatoms. The Morgan fingerprint density at radius 1 is 1.56 bits per heavy atom. The molecule has 0 unspecified atom stereocenters. The zero-order valence-electron chi connectivity index (χ0n) is 8.80. The van der Waals surface area contributed by atoms with Crippen molar-refractivity contribution in [2.45, 2.75) is 13.3 Å². The molecule has 2 heterocycles. The summed E-state index contributed by atoms with van der Waals surface area (Å²) in [6, 6.07) is 3.97. The second kappa shape index (κ2) is 5.12. The number of thioether (sulfide) groups is 1. The second-order valence-corrected chi connectivity index (χ2v) is 6.00. The number of thiophene rings is 1. The van der Waals surface area contributed by atoms with Crippen LogP contribution in [-0.2, 0) is 4.79 Å². The zero-order chi connectivity index (χ0) is 11.5. The molecule has 1 aromatic heterocycles. The van der Waals surface area contributed by atoms with Crippen molar-refractivity contribution in [1.82, 2.24) is 4.90 Å². The van der Waals surface area contributed by atoms with Gasteiger partial charge in [-0.3, -0.25) is 9.69 Å². The first-order chi connectivity index (χ1) is 7.72. The summed E-state index contributed by atoms with van der Waals surface area (Å²) in [5, 5.41) is 2.00. The van der Waals surface area contributed by atoms with Crippen LogP contribution in [0.5, 0.6) is 0 Å². The zero-order valence-corrected chi connectivity index (χ0v) is 11.3. The third kappa shape index (κ3) is 2.36. The third-order valence-electron chi connectivity index (χ3n) is 2.14. The highest BCUT2D eigenvalue weighted by Gasteiger charge is 2.31. The molecule has 16 heavy (non-hydrogen) atoms. The molecule has 1 aliphatic rings. The van der Waals surface area contributed by atoms with Gasteiger partial charge in [0.1, 0.15) is 4.32 Å². The Morgan fingerprint density at radius 2 is 2.38 bits per heavy atom. The molecular weight excluding hydrogens is 258 g/mol. The van der Waals surface area contributed by atoms with Gasteiger partial charge in [-0.15, -0.1) is 11.3 Å². The second-order valence-electron chi connectivity index (χ2n) is 3.35. The van der Waals surface area contributed by atoms with E-state index in [9.17, 15) is 4.79 Å². The molecule has 2 nitrogen and oxygen atoms in total. The molecule has 1 aliphatic heterocycles. The van der Waals surface area contributed by atoms with E-state index in [-0.39, 0.29) is 5.91 Å². The van der Waals surface area contributed by atoms with Gasteiger partial charge in [-0.25, -0.2) is 0 Å². The summed E-state index contributed by atoms with van der Waals surface area (Å²) >= 11 is 8.21. The Bertz CT molecular complexity index is 436. The van der Waals surface area contributed by atoms with Gasteiger partial charge in [0, 0.05) is 11.4 Å². The van der Waals surface area contributed by atoms with Crippen LogP contribution in [0.25, 0.3) is 6.08 Å². The van der Waals surface area contributed by atoms with Gasteiger partial charge in [0.15, 0.2) is 0 Å². The van der Waals surface area contributed by atoms with Crippen LogP contribution in [0, 0.1) is 0 Å². The number of thiocarbonyl (C=S) groups is 1. The molecule has 0 N–H and O–H groups in total. The Morgan fingerprint density at radius 3 is 3.00 bits per heavy atom. The van der Waals surface area contributed by atoms with E-state index >= 15 is 0 Å². The quantitative estimate of drug-likeness (QED) is 0.620. The molecule has 2 rings (SSSR count). The largest absolute Gasteiger partial charge is 0.293 e. The lowest BCUT2D eigenvalue weighted by Crippen LogP contribution is -2.28. The number of rotatable bonds is 3. The predicted molar refractivity (Wildman–Crippen MR) is 74.5 cm³/mol. The van der Waals surface area contributed by atoms with Crippen LogP contribution in [0.15, 0.2) is 22.4 Å². The molecule has 1 fully saturated rings. The van der Waals surface area contributed by atoms with E-state index in [0.29, 0.717) is 10.9 Å². The predicted octanol–water partition coefficient (Wildman–Crippen LogP) is 3.36. The van der Waals surface area contributed by atoms with E-state index in [1.54, 1.807) is 16.2 Å². The summed E-state index contributed by atoms with van der Waals surface area (Å²) in [6.07, 6.45) is 2.85. The first kappa shape index (κ1) is 11.8. The number of hydrogen-bond acceptors (Lipinski definition) is 4. The molecule has 84 valence electrons. The minimum Gasteiger partial charge on any atom is -0.293 e. The van der Waals surface area contributed by atoms with Crippen molar-refractivity contribution < 1.29 is 4.79 Å². The summed E-state index contributed by atoms with van der Waals surface area (Å²) in [5.74, 6) is 0.0465. The fraction of sp³-hybridized carbons (Fsp3) is 0.273. The number of hydrogen-bond donors (Lipinski definition) is 0. The smallest absolute Gasteiger partial charge is 0.266 e. The van der Waals surface area contributed by atoms with E-state index in [4.69, 9.17) is 12.2 Å². The Hall–Kier alpha value is -0.650. The van der Waals surface area contributed by atoms with Crippen molar-refractivity contribution >= 4 is 51.6 Å². The SMILES string of the molecule is CCCN1C(=O)/C(=C/c2cccs2)SC1=S. The first-order valence-corrected chi connectivity index (χ1v) is 7.11. The van der Waals surface area contributed by atoms with Gasteiger partial charge >= 0.3 is 0 Å². The Kier molecular flexibility index (Phi) is 3.78. The summed E-state index contributed by atoms with van der Waals surface area (Å²) < 4.78 is 0.676. The molecule has 1 saturated heterocycles. The van der Waals surface area contributed by atoms with Crippen molar-refractivity contribution in [3.8, 4) is 0 Å². The molecule has 0 saturated carbocycles. The minimum atomic E-state index is 0.0465. The molecule has 0 atom stereocenters. The van der Waals surface area contributed by atoms with Gasteiger partial charge in [0.25, 0.3) is 5.91 Å². The summed E-state index contributed by atoms with van der Waals surface area (Å²) in [4.78, 5) is 15.5.